The zero-order valence-electron chi connectivity index (χ0n) is 11.2. The summed E-state index contributed by atoms with van der Waals surface area (Å²) >= 11 is 0. The largest absolute Gasteiger partial charge is 0.480 e. The van der Waals surface area contributed by atoms with E-state index in [9.17, 15) is 14.7 Å². The number of methoxy groups -OCH3 is 1. The van der Waals surface area contributed by atoms with Gasteiger partial charge in [-0.25, -0.2) is 9.59 Å². The molecule has 1 saturated carbocycles. The molecule has 0 aromatic carbocycles. The molecule has 2 rings (SSSR count). The van der Waals surface area contributed by atoms with Crippen LogP contribution in [-0.4, -0.2) is 48.3 Å². The van der Waals surface area contributed by atoms with E-state index in [1.54, 1.807) is 0 Å². The minimum Gasteiger partial charge on any atom is -0.480 e. The van der Waals surface area contributed by atoms with Crippen LogP contribution in [0.25, 0.3) is 0 Å². The maximum atomic E-state index is 11.7. The van der Waals surface area contributed by atoms with Crippen LogP contribution in [-0.2, 0) is 9.53 Å². The molecule has 2 aliphatic rings. The maximum absolute atomic E-state index is 11.7. The van der Waals surface area contributed by atoms with Gasteiger partial charge in [0.25, 0.3) is 0 Å². The number of likely N-dealkylation sites (tertiary alicyclic amines) is 1. The van der Waals surface area contributed by atoms with Crippen molar-refractivity contribution >= 4 is 12.1 Å². The van der Waals surface area contributed by atoms with Gasteiger partial charge < -0.3 is 15.6 Å². The lowest BCUT2D eigenvalue weighted by Gasteiger charge is -2.45. The Labute approximate surface area is 112 Å². The van der Waals surface area contributed by atoms with Crippen molar-refractivity contribution in [2.45, 2.75) is 31.7 Å². The highest BCUT2D eigenvalue weighted by molar-refractivity contribution is 5.80. The van der Waals surface area contributed by atoms with E-state index in [4.69, 9.17) is 10.5 Å². The van der Waals surface area contributed by atoms with E-state index in [2.05, 4.69) is 0 Å². The smallest absolute Gasteiger partial charge is 0.410 e. The molecular formula is C13H22N2O4. The van der Waals surface area contributed by atoms with Gasteiger partial charge >= 0.3 is 12.1 Å². The van der Waals surface area contributed by atoms with Crippen LogP contribution in [0.4, 0.5) is 4.79 Å². The Morgan fingerprint density at radius 2 is 2.05 bits per heavy atom. The average Bonchev–Trinajstić information content (AvgIpc) is 2.44. The highest BCUT2D eigenvalue weighted by Crippen LogP contribution is 2.40. The molecule has 2 fully saturated rings. The number of carboxylic acids is 1. The average molecular weight is 270 g/mol. The van der Waals surface area contributed by atoms with Crippen molar-refractivity contribution in [1.29, 1.82) is 0 Å². The molecule has 4 atom stereocenters. The monoisotopic (exact) mass is 270 g/mol. The molecule has 1 aliphatic heterocycles. The van der Waals surface area contributed by atoms with E-state index in [-0.39, 0.29) is 0 Å². The summed E-state index contributed by atoms with van der Waals surface area (Å²) in [6.07, 6.45) is 3.06. The van der Waals surface area contributed by atoms with E-state index in [0.29, 0.717) is 37.3 Å². The molecule has 6 heteroatoms. The fraction of sp³-hybridized carbons (Fsp3) is 0.846. The fourth-order valence-corrected chi connectivity index (χ4v) is 3.51. The Bertz CT molecular complexity index is 361. The lowest BCUT2D eigenvalue weighted by atomic mass is 9.69. The maximum Gasteiger partial charge on any atom is 0.410 e. The van der Waals surface area contributed by atoms with Gasteiger partial charge in [0.2, 0.25) is 0 Å². The second-order valence-electron chi connectivity index (χ2n) is 5.65. The minimum atomic E-state index is -0.946. The summed E-state index contributed by atoms with van der Waals surface area (Å²) in [6, 6.07) is -0.759. The first-order valence-electron chi connectivity index (χ1n) is 6.84. The first kappa shape index (κ1) is 14.1. The van der Waals surface area contributed by atoms with Gasteiger partial charge in [0, 0.05) is 6.54 Å². The van der Waals surface area contributed by atoms with Crippen LogP contribution in [0.1, 0.15) is 25.7 Å². The molecule has 0 bridgehead atoms. The third kappa shape index (κ3) is 2.83. The number of rotatable bonds is 2. The second kappa shape index (κ2) is 5.77. The van der Waals surface area contributed by atoms with Gasteiger partial charge in [0.15, 0.2) is 0 Å². The van der Waals surface area contributed by atoms with Gasteiger partial charge in [0.05, 0.1) is 7.11 Å². The topological polar surface area (TPSA) is 92.9 Å². The van der Waals surface area contributed by atoms with Crippen LogP contribution < -0.4 is 5.73 Å². The Hall–Kier alpha value is -1.30. The summed E-state index contributed by atoms with van der Waals surface area (Å²) < 4.78 is 4.70. The molecule has 0 aromatic rings. The van der Waals surface area contributed by atoms with Crippen molar-refractivity contribution in [1.82, 2.24) is 4.90 Å². The van der Waals surface area contributed by atoms with Crippen molar-refractivity contribution in [2.75, 3.05) is 20.2 Å². The van der Waals surface area contributed by atoms with Gasteiger partial charge in [0.1, 0.15) is 6.04 Å². The zero-order chi connectivity index (χ0) is 14.0. The predicted octanol–water partition coefficient (Wildman–Crippen LogP) is 0.903. The van der Waals surface area contributed by atoms with E-state index in [0.717, 1.165) is 19.3 Å². The fourth-order valence-electron chi connectivity index (χ4n) is 3.51. The quantitative estimate of drug-likeness (QED) is 0.777. The molecule has 3 N–H and O–H groups in total. The molecule has 1 saturated heterocycles. The van der Waals surface area contributed by atoms with Crippen molar-refractivity contribution in [2.24, 2.45) is 23.5 Å². The molecule has 1 aliphatic carbocycles. The molecular weight excluding hydrogens is 248 g/mol. The van der Waals surface area contributed by atoms with Gasteiger partial charge in [-0.1, -0.05) is 0 Å². The molecule has 19 heavy (non-hydrogen) atoms. The predicted molar refractivity (Wildman–Crippen MR) is 68.5 cm³/mol. The number of aliphatic carboxylic acids is 1. The molecule has 3 unspecified atom stereocenters. The summed E-state index contributed by atoms with van der Waals surface area (Å²) in [6.45, 7) is 1.16. The third-order valence-corrected chi connectivity index (χ3v) is 4.61. The number of carbonyl (C=O) groups excluding carboxylic acids is 1. The Balaban J connectivity index is 2.10. The summed E-state index contributed by atoms with van der Waals surface area (Å²) in [5, 5.41) is 9.29. The second-order valence-corrected chi connectivity index (χ2v) is 5.65. The first-order chi connectivity index (χ1) is 9.06. The molecule has 1 amide bonds. The Morgan fingerprint density at radius 3 is 2.63 bits per heavy atom. The number of piperidine rings is 1. The van der Waals surface area contributed by atoms with E-state index < -0.39 is 18.1 Å². The number of carbonyl (C=O) groups is 2. The molecule has 108 valence electrons. The van der Waals surface area contributed by atoms with Crippen LogP contribution in [0.2, 0.25) is 0 Å². The van der Waals surface area contributed by atoms with Crippen molar-refractivity contribution in [3.63, 3.8) is 0 Å². The summed E-state index contributed by atoms with van der Waals surface area (Å²) in [5.41, 5.74) is 5.72. The van der Waals surface area contributed by atoms with Crippen LogP contribution in [0.5, 0.6) is 0 Å². The summed E-state index contributed by atoms with van der Waals surface area (Å²) in [7, 11) is 1.29. The lowest BCUT2D eigenvalue weighted by molar-refractivity contribution is -0.146. The van der Waals surface area contributed by atoms with Gasteiger partial charge in [-0.3, -0.25) is 4.90 Å². The van der Waals surface area contributed by atoms with Crippen LogP contribution >= 0.6 is 0 Å². The number of nitrogens with two attached hydrogens (primary N) is 1. The number of nitrogens with zero attached hydrogens (tertiary/aromatic N) is 1. The standard InChI is InChI=1S/C13H22N2O4/c1-19-13(18)15-7-9-3-2-8(6-14)4-10(9)5-11(15)12(16)17/h8-11H,2-7,14H2,1H3,(H,16,17)/t8?,9-,10?,11?/m0/s1. The molecule has 0 radical (unpaired) electrons. The van der Waals surface area contributed by atoms with Gasteiger partial charge in [-0.05, 0) is 50.0 Å². The number of fused-ring (bicyclic) bond motifs is 1. The van der Waals surface area contributed by atoms with E-state index >= 15 is 0 Å². The molecule has 6 nitrogen and oxygen atoms in total. The first-order valence-corrected chi connectivity index (χ1v) is 6.84. The zero-order valence-corrected chi connectivity index (χ0v) is 11.2. The summed E-state index contributed by atoms with van der Waals surface area (Å²) in [4.78, 5) is 24.4. The van der Waals surface area contributed by atoms with Crippen molar-refractivity contribution in [3.8, 4) is 0 Å². The third-order valence-electron chi connectivity index (χ3n) is 4.61. The number of ether oxygens (including phenoxy) is 1. The van der Waals surface area contributed by atoms with Gasteiger partial charge in [-0.15, -0.1) is 0 Å². The minimum absolute atomic E-state index is 0.365. The molecule has 0 spiro atoms. The van der Waals surface area contributed by atoms with E-state index in [1.165, 1.54) is 12.0 Å². The Kier molecular flexibility index (Phi) is 4.29. The highest BCUT2D eigenvalue weighted by Gasteiger charge is 2.43. The van der Waals surface area contributed by atoms with E-state index in [1.807, 2.05) is 0 Å². The SMILES string of the molecule is COC(=O)N1C[C@@H]2CCC(CN)CC2CC1C(=O)O. The number of carboxylic acid groups (broad SMARTS) is 1. The highest BCUT2D eigenvalue weighted by atomic mass is 16.5. The van der Waals surface area contributed by atoms with Crippen LogP contribution in [0.3, 0.4) is 0 Å². The molecule has 1 heterocycles. The van der Waals surface area contributed by atoms with Crippen LogP contribution in [0, 0.1) is 17.8 Å². The van der Waals surface area contributed by atoms with Gasteiger partial charge in [-0.2, -0.15) is 0 Å². The van der Waals surface area contributed by atoms with Crippen molar-refractivity contribution in [3.05, 3.63) is 0 Å². The summed E-state index contributed by atoms with van der Waals surface area (Å²) in [5.74, 6) is 0.306. The number of hydrogen-bond donors (Lipinski definition) is 2. The van der Waals surface area contributed by atoms with Crippen molar-refractivity contribution < 1.29 is 19.4 Å². The number of hydrogen-bond acceptors (Lipinski definition) is 4. The lowest BCUT2D eigenvalue weighted by Crippen LogP contribution is -2.54. The normalized spacial score (nSPS) is 34.5. The number of amides is 1. The molecule has 0 aromatic heterocycles. The van der Waals surface area contributed by atoms with Crippen LogP contribution in [0.15, 0.2) is 0 Å². The Morgan fingerprint density at radius 1 is 1.32 bits per heavy atom.